The lowest BCUT2D eigenvalue weighted by Crippen LogP contribution is -2.40. The number of hydrogen-bond acceptors (Lipinski definition) is 2. The van der Waals surface area contributed by atoms with E-state index in [-0.39, 0.29) is 5.54 Å². The minimum Gasteiger partial charge on any atom is -0.329 e. The van der Waals surface area contributed by atoms with Gasteiger partial charge in [0.2, 0.25) is 0 Å². The first kappa shape index (κ1) is 8.48. The van der Waals surface area contributed by atoms with E-state index in [1.165, 1.54) is 0 Å². The quantitative estimate of drug-likeness (QED) is 0.520. The van der Waals surface area contributed by atoms with Crippen LogP contribution in [0.5, 0.6) is 0 Å². The largest absolute Gasteiger partial charge is 0.329 e. The molecule has 0 rings (SSSR count). The molecule has 0 aromatic heterocycles. The van der Waals surface area contributed by atoms with Crippen molar-refractivity contribution in [3.63, 3.8) is 0 Å². The van der Waals surface area contributed by atoms with E-state index < -0.39 is 0 Å². The molecule has 0 aromatic rings. The van der Waals surface area contributed by atoms with Gasteiger partial charge in [-0.3, -0.25) is 0 Å². The summed E-state index contributed by atoms with van der Waals surface area (Å²) in [6, 6.07) is 0. The maximum Gasteiger partial charge on any atom is 0.0741 e. The van der Waals surface area contributed by atoms with Gasteiger partial charge in [0.1, 0.15) is 0 Å². The molecule has 0 bridgehead atoms. The van der Waals surface area contributed by atoms with Crippen LogP contribution in [0.1, 0.15) is 13.8 Å². The lowest BCUT2D eigenvalue weighted by Gasteiger charge is -2.18. The smallest absolute Gasteiger partial charge is 0.0741 e. The molecule has 0 unspecified atom stereocenters. The predicted octanol–water partition coefficient (Wildman–Crippen LogP) is -0.0535. The van der Waals surface area contributed by atoms with Crippen LogP contribution in [0.25, 0.3) is 0 Å². The molecule has 0 fully saturated rings. The van der Waals surface area contributed by atoms with Crippen LogP contribution in [0.15, 0.2) is 0 Å². The lowest BCUT2D eigenvalue weighted by molar-refractivity contribution is 0.499. The van der Waals surface area contributed by atoms with Gasteiger partial charge in [-0.05, 0) is 13.8 Å². The molecule has 0 spiro atoms. The second-order valence-corrected chi connectivity index (χ2v) is 2.48. The third-order valence-electron chi connectivity index (χ3n) is 1.07. The molecule has 52 valence electrons. The average molecular weight is 126 g/mol. The highest BCUT2D eigenvalue weighted by Gasteiger charge is 2.09. The van der Waals surface area contributed by atoms with Crippen molar-refractivity contribution in [3.05, 3.63) is 0 Å². The molecular formula is C7H14N2. The summed E-state index contributed by atoms with van der Waals surface area (Å²) in [6.07, 6.45) is 5.19. The van der Waals surface area contributed by atoms with Gasteiger partial charge in [-0.25, -0.2) is 0 Å². The van der Waals surface area contributed by atoms with Crippen molar-refractivity contribution in [2.24, 2.45) is 5.73 Å². The predicted molar refractivity (Wildman–Crippen MR) is 40.0 cm³/mol. The summed E-state index contributed by atoms with van der Waals surface area (Å²) in [5, 5.41) is 3.10. The van der Waals surface area contributed by atoms with E-state index >= 15 is 0 Å². The van der Waals surface area contributed by atoms with Crippen molar-refractivity contribution < 1.29 is 0 Å². The molecule has 3 N–H and O–H groups in total. The second kappa shape index (κ2) is 3.49. The summed E-state index contributed by atoms with van der Waals surface area (Å²) in [5.74, 6) is 2.61. The molecule has 0 aliphatic carbocycles. The Kier molecular flexibility index (Phi) is 3.29. The molecule has 0 heterocycles. The van der Waals surface area contributed by atoms with Gasteiger partial charge < -0.3 is 11.1 Å². The van der Waals surface area contributed by atoms with E-state index in [1.54, 1.807) is 0 Å². The summed E-state index contributed by atoms with van der Waals surface area (Å²) >= 11 is 0. The Hall–Kier alpha value is -0.520. The number of nitrogens with two attached hydrogens (primary N) is 1. The van der Waals surface area contributed by atoms with Crippen molar-refractivity contribution >= 4 is 0 Å². The molecule has 0 aromatic carbocycles. The number of hydrogen-bond donors (Lipinski definition) is 2. The lowest BCUT2D eigenvalue weighted by atomic mass is 10.1. The molecule has 2 heteroatoms. The van der Waals surface area contributed by atoms with Crippen molar-refractivity contribution in [1.82, 2.24) is 5.32 Å². The van der Waals surface area contributed by atoms with Crippen LogP contribution in [0.2, 0.25) is 0 Å². The van der Waals surface area contributed by atoms with Gasteiger partial charge in [0.15, 0.2) is 0 Å². The highest BCUT2D eigenvalue weighted by molar-refractivity contribution is 5.07. The maximum absolute atomic E-state index is 5.26. The third kappa shape index (κ3) is 4.01. The highest BCUT2D eigenvalue weighted by atomic mass is 15.0. The first-order valence-electron chi connectivity index (χ1n) is 3.05. The second-order valence-electron chi connectivity index (χ2n) is 2.48. The van der Waals surface area contributed by atoms with Gasteiger partial charge in [0.05, 0.1) is 5.54 Å². The Bertz CT molecular complexity index is 111. The summed E-state index contributed by atoms with van der Waals surface area (Å²) in [7, 11) is 0. The molecule has 0 aliphatic rings. The fourth-order valence-corrected chi connectivity index (χ4v) is 0.436. The van der Waals surface area contributed by atoms with Gasteiger partial charge in [-0.15, -0.1) is 6.42 Å². The van der Waals surface area contributed by atoms with Gasteiger partial charge in [-0.1, -0.05) is 5.92 Å². The Balaban J connectivity index is 3.49. The van der Waals surface area contributed by atoms with Crippen molar-refractivity contribution in [2.45, 2.75) is 19.4 Å². The maximum atomic E-state index is 5.26. The van der Waals surface area contributed by atoms with Gasteiger partial charge in [0, 0.05) is 13.1 Å². The standard InChI is InChI=1S/C7H14N2/c1-4-7(2,3)9-6-5-8/h1,9H,5-6,8H2,2-3H3. The van der Waals surface area contributed by atoms with Crippen molar-refractivity contribution in [1.29, 1.82) is 0 Å². The molecule has 0 amide bonds. The average Bonchev–Trinajstić information content (AvgIpc) is 1.84. The summed E-state index contributed by atoms with van der Waals surface area (Å²) in [5.41, 5.74) is 5.05. The molecule has 0 aliphatic heterocycles. The Morgan fingerprint density at radius 2 is 2.22 bits per heavy atom. The van der Waals surface area contributed by atoms with Crippen LogP contribution < -0.4 is 11.1 Å². The monoisotopic (exact) mass is 126 g/mol. The van der Waals surface area contributed by atoms with Crippen LogP contribution >= 0.6 is 0 Å². The Morgan fingerprint density at radius 1 is 1.67 bits per heavy atom. The summed E-state index contributed by atoms with van der Waals surface area (Å²) in [4.78, 5) is 0. The minimum atomic E-state index is -0.209. The highest BCUT2D eigenvalue weighted by Crippen LogP contribution is 1.96. The molecule has 0 atom stereocenters. The first-order valence-corrected chi connectivity index (χ1v) is 3.05. The zero-order valence-corrected chi connectivity index (χ0v) is 6.07. The van der Waals surface area contributed by atoms with E-state index in [9.17, 15) is 0 Å². The van der Waals surface area contributed by atoms with Crippen LogP contribution in [0, 0.1) is 12.3 Å². The Labute approximate surface area is 56.8 Å². The molecular weight excluding hydrogens is 112 g/mol. The topological polar surface area (TPSA) is 38.0 Å². The molecule has 0 radical (unpaired) electrons. The summed E-state index contributed by atoms with van der Waals surface area (Å²) in [6.45, 7) is 5.30. The SMILES string of the molecule is C#CC(C)(C)NCCN. The number of nitrogens with one attached hydrogen (secondary N) is 1. The van der Waals surface area contributed by atoms with E-state index in [4.69, 9.17) is 12.2 Å². The fourth-order valence-electron chi connectivity index (χ4n) is 0.436. The third-order valence-corrected chi connectivity index (χ3v) is 1.07. The van der Waals surface area contributed by atoms with Gasteiger partial charge in [0.25, 0.3) is 0 Å². The van der Waals surface area contributed by atoms with E-state index in [2.05, 4.69) is 11.2 Å². The van der Waals surface area contributed by atoms with Crippen LogP contribution in [0.4, 0.5) is 0 Å². The van der Waals surface area contributed by atoms with Crippen LogP contribution in [-0.2, 0) is 0 Å². The van der Waals surface area contributed by atoms with E-state index in [1.807, 2.05) is 13.8 Å². The van der Waals surface area contributed by atoms with Crippen molar-refractivity contribution in [3.8, 4) is 12.3 Å². The fraction of sp³-hybridized carbons (Fsp3) is 0.714. The zero-order chi connectivity index (χ0) is 7.33. The number of rotatable bonds is 3. The van der Waals surface area contributed by atoms with Gasteiger partial charge in [-0.2, -0.15) is 0 Å². The summed E-state index contributed by atoms with van der Waals surface area (Å²) < 4.78 is 0. The Morgan fingerprint density at radius 3 is 2.56 bits per heavy atom. The number of terminal acetylenes is 1. The van der Waals surface area contributed by atoms with Gasteiger partial charge >= 0.3 is 0 Å². The molecule has 2 nitrogen and oxygen atoms in total. The molecule has 9 heavy (non-hydrogen) atoms. The van der Waals surface area contributed by atoms with E-state index in [0.29, 0.717) is 6.54 Å². The van der Waals surface area contributed by atoms with Crippen LogP contribution in [-0.4, -0.2) is 18.6 Å². The minimum absolute atomic E-state index is 0.209. The normalized spacial score (nSPS) is 10.9. The van der Waals surface area contributed by atoms with Crippen molar-refractivity contribution in [2.75, 3.05) is 13.1 Å². The molecule has 0 saturated carbocycles. The molecule has 0 saturated heterocycles. The van der Waals surface area contributed by atoms with Crippen LogP contribution in [0.3, 0.4) is 0 Å². The zero-order valence-electron chi connectivity index (χ0n) is 6.07. The first-order chi connectivity index (χ1) is 4.12. The van der Waals surface area contributed by atoms with E-state index in [0.717, 1.165) is 6.54 Å².